The van der Waals surface area contributed by atoms with Crippen LogP contribution in [-0.2, 0) is 4.79 Å². The van der Waals surface area contributed by atoms with E-state index in [9.17, 15) is 9.59 Å². The fraction of sp³-hybridized carbons (Fsp3) is 0.429. The highest BCUT2D eigenvalue weighted by Gasteiger charge is 2.27. The van der Waals surface area contributed by atoms with Crippen molar-refractivity contribution in [1.82, 2.24) is 14.2 Å². The summed E-state index contributed by atoms with van der Waals surface area (Å²) in [6.45, 7) is 3.54. The SMILES string of the molecule is Cc1cc(NC(=O)C(C)n2nc(C3CC3)ccc2=O)sn1. The number of amides is 1. The summed E-state index contributed by atoms with van der Waals surface area (Å²) in [4.78, 5) is 24.2. The van der Waals surface area contributed by atoms with Gasteiger partial charge in [0.05, 0.1) is 11.4 Å². The molecule has 0 bridgehead atoms. The van der Waals surface area contributed by atoms with Crippen molar-refractivity contribution >= 4 is 22.4 Å². The first-order valence-corrected chi connectivity index (χ1v) is 7.66. The second kappa shape index (κ2) is 5.40. The van der Waals surface area contributed by atoms with Gasteiger partial charge in [0.1, 0.15) is 11.0 Å². The minimum Gasteiger partial charge on any atom is -0.315 e. The first-order chi connectivity index (χ1) is 10.0. The van der Waals surface area contributed by atoms with Crippen molar-refractivity contribution in [3.8, 4) is 0 Å². The Bertz CT molecular complexity index is 733. The Morgan fingerprint density at radius 3 is 2.86 bits per heavy atom. The molecule has 2 heterocycles. The molecule has 1 N–H and O–H groups in total. The quantitative estimate of drug-likeness (QED) is 0.938. The molecule has 1 amide bonds. The van der Waals surface area contributed by atoms with E-state index < -0.39 is 6.04 Å². The zero-order valence-corrected chi connectivity index (χ0v) is 12.7. The Morgan fingerprint density at radius 2 is 2.24 bits per heavy atom. The van der Waals surface area contributed by atoms with Crippen LogP contribution in [0.3, 0.4) is 0 Å². The lowest BCUT2D eigenvalue weighted by Gasteiger charge is -2.13. The molecule has 0 aromatic carbocycles. The Hall–Kier alpha value is -2.02. The summed E-state index contributed by atoms with van der Waals surface area (Å²) in [7, 11) is 0. The van der Waals surface area contributed by atoms with Crippen molar-refractivity contribution in [2.75, 3.05) is 5.32 Å². The summed E-state index contributed by atoms with van der Waals surface area (Å²) in [6, 6.07) is 4.39. The predicted molar refractivity (Wildman–Crippen MR) is 80.7 cm³/mol. The van der Waals surface area contributed by atoms with Gasteiger partial charge in [0, 0.05) is 12.0 Å². The van der Waals surface area contributed by atoms with Crippen LogP contribution in [0.15, 0.2) is 23.0 Å². The summed E-state index contributed by atoms with van der Waals surface area (Å²) >= 11 is 1.22. The zero-order chi connectivity index (χ0) is 15.0. The normalized spacial score (nSPS) is 15.7. The van der Waals surface area contributed by atoms with Crippen LogP contribution in [0, 0.1) is 6.92 Å². The van der Waals surface area contributed by atoms with Crippen molar-refractivity contribution < 1.29 is 4.79 Å². The monoisotopic (exact) mass is 304 g/mol. The highest BCUT2D eigenvalue weighted by Crippen LogP contribution is 2.38. The van der Waals surface area contributed by atoms with Crippen molar-refractivity contribution in [2.24, 2.45) is 0 Å². The maximum Gasteiger partial charge on any atom is 0.267 e. The van der Waals surface area contributed by atoms with Crippen molar-refractivity contribution in [1.29, 1.82) is 0 Å². The van der Waals surface area contributed by atoms with Crippen LogP contribution in [0.2, 0.25) is 0 Å². The van der Waals surface area contributed by atoms with Crippen LogP contribution in [0.5, 0.6) is 0 Å². The molecule has 110 valence electrons. The number of aryl methyl sites for hydroxylation is 1. The van der Waals surface area contributed by atoms with Crippen LogP contribution >= 0.6 is 11.5 Å². The number of aromatic nitrogens is 3. The minimum atomic E-state index is -0.654. The lowest BCUT2D eigenvalue weighted by molar-refractivity contribution is -0.119. The standard InChI is InChI=1S/C14H16N4O2S/c1-8-7-12(21-17-8)15-14(20)9(2)18-13(19)6-5-11(16-18)10-3-4-10/h5-7,9-10H,3-4H2,1-2H3,(H,15,20). The van der Waals surface area contributed by atoms with Gasteiger partial charge in [-0.2, -0.15) is 9.47 Å². The number of carbonyl (C=O) groups excluding carboxylic acids is 1. The number of anilines is 1. The molecule has 7 heteroatoms. The number of carbonyl (C=O) groups is 1. The van der Waals surface area contributed by atoms with Gasteiger partial charge in [-0.3, -0.25) is 9.59 Å². The molecule has 1 saturated carbocycles. The number of hydrogen-bond acceptors (Lipinski definition) is 5. The molecule has 1 fully saturated rings. The molecule has 1 aliphatic carbocycles. The maximum absolute atomic E-state index is 12.2. The molecular formula is C14H16N4O2S. The molecule has 1 unspecified atom stereocenters. The molecule has 3 rings (SSSR count). The van der Waals surface area contributed by atoms with Gasteiger partial charge in [-0.1, -0.05) is 0 Å². The lowest BCUT2D eigenvalue weighted by atomic mass is 10.2. The second-order valence-corrected chi connectivity index (χ2v) is 6.12. The van der Waals surface area contributed by atoms with E-state index in [2.05, 4.69) is 14.8 Å². The van der Waals surface area contributed by atoms with Crippen LogP contribution in [0.25, 0.3) is 0 Å². The van der Waals surface area contributed by atoms with Crippen molar-refractivity contribution in [3.63, 3.8) is 0 Å². The maximum atomic E-state index is 12.2. The Balaban J connectivity index is 1.80. The molecule has 0 spiro atoms. The molecule has 0 saturated heterocycles. The van der Waals surface area contributed by atoms with Gasteiger partial charge in [0.15, 0.2) is 0 Å². The molecule has 21 heavy (non-hydrogen) atoms. The van der Waals surface area contributed by atoms with E-state index in [1.54, 1.807) is 19.1 Å². The highest BCUT2D eigenvalue weighted by molar-refractivity contribution is 7.10. The third kappa shape index (κ3) is 3.02. The molecular weight excluding hydrogens is 288 g/mol. The summed E-state index contributed by atoms with van der Waals surface area (Å²) in [6.07, 6.45) is 2.21. The fourth-order valence-electron chi connectivity index (χ4n) is 2.07. The van der Waals surface area contributed by atoms with E-state index in [-0.39, 0.29) is 11.5 Å². The van der Waals surface area contributed by atoms with Gasteiger partial charge >= 0.3 is 0 Å². The minimum absolute atomic E-state index is 0.262. The topological polar surface area (TPSA) is 76.9 Å². The molecule has 1 aliphatic rings. The van der Waals surface area contributed by atoms with E-state index >= 15 is 0 Å². The number of hydrogen-bond donors (Lipinski definition) is 1. The molecule has 2 aromatic heterocycles. The summed E-state index contributed by atoms with van der Waals surface area (Å²) in [5.74, 6) is 0.178. The first kappa shape index (κ1) is 13.9. The smallest absolute Gasteiger partial charge is 0.267 e. The largest absolute Gasteiger partial charge is 0.315 e. The van der Waals surface area contributed by atoms with Crippen LogP contribution in [-0.4, -0.2) is 20.1 Å². The second-order valence-electron chi connectivity index (χ2n) is 5.31. The van der Waals surface area contributed by atoms with Crippen LogP contribution in [0.1, 0.15) is 43.1 Å². The van der Waals surface area contributed by atoms with E-state index in [0.717, 1.165) is 24.2 Å². The Labute approximate surface area is 126 Å². The summed E-state index contributed by atoms with van der Waals surface area (Å²) in [5.41, 5.74) is 1.49. The number of nitrogens with one attached hydrogen (secondary N) is 1. The van der Waals surface area contributed by atoms with Crippen molar-refractivity contribution in [2.45, 2.75) is 38.6 Å². The third-order valence-electron chi connectivity index (χ3n) is 3.46. The Morgan fingerprint density at radius 1 is 1.48 bits per heavy atom. The van der Waals surface area contributed by atoms with E-state index in [1.807, 2.05) is 6.92 Å². The van der Waals surface area contributed by atoms with E-state index in [0.29, 0.717) is 10.9 Å². The summed E-state index contributed by atoms with van der Waals surface area (Å²) < 4.78 is 5.37. The predicted octanol–water partition coefficient (Wildman–Crippen LogP) is 2.09. The number of rotatable bonds is 4. The average Bonchev–Trinajstić information content (AvgIpc) is 3.22. The van der Waals surface area contributed by atoms with Gasteiger partial charge in [-0.15, -0.1) is 0 Å². The Kier molecular flexibility index (Phi) is 3.59. The van der Waals surface area contributed by atoms with E-state index in [1.165, 1.54) is 22.3 Å². The average molecular weight is 304 g/mol. The van der Waals surface area contributed by atoms with Gasteiger partial charge in [0.2, 0.25) is 5.91 Å². The fourth-order valence-corrected chi connectivity index (χ4v) is 2.74. The van der Waals surface area contributed by atoms with Crippen molar-refractivity contribution in [3.05, 3.63) is 39.9 Å². The number of nitrogens with zero attached hydrogens (tertiary/aromatic N) is 3. The molecule has 0 aliphatic heterocycles. The third-order valence-corrected chi connectivity index (χ3v) is 4.26. The molecule has 2 aromatic rings. The molecule has 6 nitrogen and oxygen atoms in total. The van der Waals surface area contributed by atoms with Gasteiger partial charge in [-0.25, -0.2) is 4.68 Å². The highest BCUT2D eigenvalue weighted by atomic mass is 32.1. The molecule has 1 atom stereocenters. The van der Waals surface area contributed by atoms with Gasteiger partial charge in [0.25, 0.3) is 5.56 Å². The molecule has 0 radical (unpaired) electrons. The van der Waals surface area contributed by atoms with E-state index in [4.69, 9.17) is 0 Å². The first-order valence-electron chi connectivity index (χ1n) is 6.88. The van der Waals surface area contributed by atoms with Gasteiger partial charge < -0.3 is 5.32 Å². The van der Waals surface area contributed by atoms with Gasteiger partial charge in [-0.05, 0) is 50.4 Å². The lowest BCUT2D eigenvalue weighted by Crippen LogP contribution is -2.33. The van der Waals surface area contributed by atoms with Crippen LogP contribution in [0.4, 0.5) is 5.00 Å². The summed E-state index contributed by atoms with van der Waals surface area (Å²) in [5, 5.41) is 7.78. The zero-order valence-electron chi connectivity index (χ0n) is 11.9. The van der Waals surface area contributed by atoms with Crippen LogP contribution < -0.4 is 10.9 Å².